The van der Waals surface area contributed by atoms with Crippen molar-refractivity contribution in [3.8, 4) is 0 Å². The summed E-state index contributed by atoms with van der Waals surface area (Å²) in [5, 5.41) is 0.856. The SMILES string of the molecule is C=CCn1c(=S)sc2c(=O)n(CC(=O)c3c(C)[nH]c4ccccc34)cnc21. The molecule has 0 aliphatic rings. The molecule has 0 unspecified atom stereocenters. The molecule has 0 amide bonds. The third kappa shape index (κ3) is 2.87. The maximum Gasteiger partial charge on any atom is 0.273 e. The number of thiazole rings is 1. The van der Waals surface area contributed by atoms with Crippen LogP contribution in [0.3, 0.4) is 0 Å². The number of rotatable bonds is 5. The lowest BCUT2D eigenvalue weighted by atomic mass is 10.1. The summed E-state index contributed by atoms with van der Waals surface area (Å²) in [7, 11) is 0. The molecule has 4 aromatic rings. The quantitative estimate of drug-likeness (QED) is 0.316. The van der Waals surface area contributed by atoms with Crippen LogP contribution in [0, 0.1) is 10.9 Å². The Morgan fingerprint density at radius 2 is 2.19 bits per heavy atom. The van der Waals surface area contributed by atoms with E-state index in [2.05, 4.69) is 16.5 Å². The minimum Gasteiger partial charge on any atom is -0.358 e. The molecule has 6 nitrogen and oxygen atoms in total. The molecule has 1 aromatic carbocycles. The minimum atomic E-state index is -0.259. The van der Waals surface area contributed by atoms with Gasteiger partial charge in [0, 0.05) is 28.7 Å². The van der Waals surface area contributed by atoms with Crippen molar-refractivity contribution in [2.45, 2.75) is 20.0 Å². The third-order valence-corrected chi connectivity index (χ3v) is 5.87. The highest BCUT2D eigenvalue weighted by Crippen LogP contribution is 2.23. The number of nitrogens with zero attached hydrogens (tertiary/aromatic N) is 3. The van der Waals surface area contributed by atoms with Crippen molar-refractivity contribution in [2.24, 2.45) is 0 Å². The molecule has 8 heteroatoms. The second kappa shape index (κ2) is 6.71. The number of benzene rings is 1. The fraction of sp³-hybridized carbons (Fsp3) is 0.158. The first-order chi connectivity index (χ1) is 13.0. The zero-order valence-electron chi connectivity index (χ0n) is 14.6. The maximum atomic E-state index is 12.9. The number of carbonyl (C=O) groups is 1. The molecule has 4 rings (SSSR count). The van der Waals surface area contributed by atoms with Crippen LogP contribution in [0.4, 0.5) is 0 Å². The number of aryl methyl sites for hydroxylation is 1. The van der Waals surface area contributed by atoms with Gasteiger partial charge in [0.05, 0.1) is 6.54 Å². The highest BCUT2D eigenvalue weighted by molar-refractivity contribution is 7.73. The zero-order valence-corrected chi connectivity index (χ0v) is 16.2. The van der Waals surface area contributed by atoms with E-state index in [-0.39, 0.29) is 17.9 Å². The van der Waals surface area contributed by atoms with Crippen molar-refractivity contribution in [1.82, 2.24) is 19.1 Å². The molecular weight excluding hydrogens is 380 g/mol. The lowest BCUT2D eigenvalue weighted by molar-refractivity contribution is 0.0971. The standard InChI is InChI=1S/C19H16N4O2S2/c1-3-8-23-17-16(27-19(23)26)18(25)22(10-20-17)9-14(24)15-11(2)21-13-7-5-4-6-12(13)15/h3-7,10,21H,1,8-9H2,2H3. The van der Waals surface area contributed by atoms with Crippen LogP contribution in [0.25, 0.3) is 21.3 Å². The molecule has 1 N–H and O–H groups in total. The fourth-order valence-corrected chi connectivity index (χ4v) is 4.56. The summed E-state index contributed by atoms with van der Waals surface area (Å²) in [6, 6.07) is 7.63. The molecule has 0 spiro atoms. The van der Waals surface area contributed by atoms with Crippen molar-refractivity contribution in [1.29, 1.82) is 0 Å². The molecule has 27 heavy (non-hydrogen) atoms. The first-order valence-electron chi connectivity index (χ1n) is 8.31. The molecule has 0 fully saturated rings. The number of H-pyrrole nitrogens is 1. The van der Waals surface area contributed by atoms with Crippen molar-refractivity contribution < 1.29 is 4.79 Å². The van der Waals surface area contributed by atoms with Crippen molar-refractivity contribution in [2.75, 3.05) is 0 Å². The van der Waals surface area contributed by atoms with E-state index in [4.69, 9.17) is 12.2 Å². The Balaban J connectivity index is 1.77. The van der Waals surface area contributed by atoms with E-state index in [1.165, 1.54) is 22.2 Å². The van der Waals surface area contributed by atoms with Gasteiger partial charge in [0.1, 0.15) is 11.0 Å². The molecule has 0 saturated heterocycles. The number of para-hydroxylation sites is 1. The molecule has 3 aromatic heterocycles. The molecule has 136 valence electrons. The number of allylic oxidation sites excluding steroid dienone is 1. The summed E-state index contributed by atoms with van der Waals surface area (Å²) in [5.41, 5.74) is 2.57. The summed E-state index contributed by atoms with van der Waals surface area (Å²) in [5.74, 6) is -0.137. The van der Waals surface area contributed by atoms with Crippen LogP contribution in [-0.4, -0.2) is 24.9 Å². The van der Waals surface area contributed by atoms with Crippen LogP contribution < -0.4 is 5.56 Å². The topological polar surface area (TPSA) is 72.7 Å². The van der Waals surface area contributed by atoms with E-state index in [0.29, 0.717) is 26.4 Å². The molecule has 3 heterocycles. The van der Waals surface area contributed by atoms with Crippen LogP contribution in [-0.2, 0) is 13.1 Å². The summed E-state index contributed by atoms with van der Waals surface area (Å²) >= 11 is 6.53. The number of Topliss-reactive ketones (excluding diaryl/α,β-unsaturated/α-hetero) is 1. The largest absolute Gasteiger partial charge is 0.358 e. The van der Waals surface area contributed by atoms with Gasteiger partial charge in [-0.3, -0.25) is 14.2 Å². The monoisotopic (exact) mass is 396 g/mol. The Labute approximate surface area is 163 Å². The van der Waals surface area contributed by atoms with Crippen LogP contribution in [0.15, 0.2) is 48.0 Å². The number of nitrogens with one attached hydrogen (secondary N) is 1. The Hall–Kier alpha value is -2.84. The summed E-state index contributed by atoms with van der Waals surface area (Å²) < 4.78 is 4.12. The minimum absolute atomic E-state index is 0.0728. The first-order valence-corrected chi connectivity index (χ1v) is 9.54. The van der Waals surface area contributed by atoms with Gasteiger partial charge in [-0.2, -0.15) is 0 Å². The Morgan fingerprint density at radius 1 is 1.41 bits per heavy atom. The zero-order chi connectivity index (χ0) is 19.1. The lowest BCUT2D eigenvalue weighted by Gasteiger charge is -2.06. The van der Waals surface area contributed by atoms with E-state index >= 15 is 0 Å². The molecule has 0 atom stereocenters. The van der Waals surface area contributed by atoms with Gasteiger partial charge >= 0.3 is 0 Å². The van der Waals surface area contributed by atoms with Crippen molar-refractivity contribution >= 4 is 50.6 Å². The average Bonchev–Trinajstić information content (AvgIpc) is 3.15. The van der Waals surface area contributed by atoms with E-state index in [1.54, 1.807) is 10.6 Å². The van der Waals surface area contributed by atoms with Gasteiger partial charge in [-0.1, -0.05) is 35.6 Å². The van der Waals surface area contributed by atoms with Gasteiger partial charge in [-0.15, -0.1) is 6.58 Å². The number of hydrogen-bond donors (Lipinski definition) is 1. The number of aromatic nitrogens is 4. The van der Waals surface area contributed by atoms with Crippen LogP contribution in [0.5, 0.6) is 0 Å². The lowest BCUT2D eigenvalue weighted by Crippen LogP contribution is -2.24. The van der Waals surface area contributed by atoms with Crippen molar-refractivity contribution in [3.63, 3.8) is 0 Å². The number of carbonyl (C=O) groups excluding carboxylic acids is 1. The van der Waals surface area contributed by atoms with Gasteiger partial charge in [0.15, 0.2) is 15.4 Å². The number of hydrogen-bond acceptors (Lipinski definition) is 5. The van der Waals surface area contributed by atoms with Gasteiger partial charge in [-0.05, 0) is 25.2 Å². The van der Waals surface area contributed by atoms with Gasteiger partial charge in [0.25, 0.3) is 5.56 Å². The first kappa shape index (κ1) is 17.6. The highest BCUT2D eigenvalue weighted by atomic mass is 32.1. The second-order valence-electron chi connectivity index (χ2n) is 6.19. The summed E-state index contributed by atoms with van der Waals surface area (Å²) in [6.07, 6.45) is 3.12. The predicted molar refractivity (Wildman–Crippen MR) is 110 cm³/mol. The fourth-order valence-electron chi connectivity index (χ4n) is 3.24. The Morgan fingerprint density at radius 3 is 2.96 bits per heavy atom. The Bertz CT molecular complexity index is 1320. The molecule has 0 radical (unpaired) electrons. The highest BCUT2D eigenvalue weighted by Gasteiger charge is 2.18. The van der Waals surface area contributed by atoms with E-state index in [9.17, 15) is 9.59 Å². The maximum absolute atomic E-state index is 12.9. The van der Waals surface area contributed by atoms with E-state index in [0.717, 1.165) is 16.6 Å². The normalized spacial score (nSPS) is 11.3. The predicted octanol–water partition coefficient (Wildman–Crippen LogP) is 3.85. The molecule has 0 aliphatic carbocycles. The average molecular weight is 396 g/mol. The molecule has 0 aliphatic heterocycles. The van der Waals surface area contributed by atoms with E-state index in [1.807, 2.05) is 31.2 Å². The van der Waals surface area contributed by atoms with Crippen molar-refractivity contribution in [3.05, 3.63) is 68.8 Å². The number of aromatic amines is 1. The van der Waals surface area contributed by atoms with Crippen LogP contribution >= 0.6 is 23.6 Å². The smallest absolute Gasteiger partial charge is 0.273 e. The van der Waals surface area contributed by atoms with Crippen LogP contribution in [0.2, 0.25) is 0 Å². The molecule has 0 bridgehead atoms. The number of fused-ring (bicyclic) bond motifs is 2. The third-order valence-electron chi connectivity index (χ3n) is 4.44. The summed E-state index contributed by atoms with van der Waals surface area (Å²) in [4.78, 5) is 33.3. The van der Waals surface area contributed by atoms with Gasteiger partial charge < -0.3 is 9.55 Å². The summed E-state index contributed by atoms with van der Waals surface area (Å²) in [6.45, 7) is 5.98. The molecular formula is C19H16N4O2S2. The van der Waals surface area contributed by atoms with Gasteiger partial charge in [-0.25, -0.2) is 4.98 Å². The number of ketones is 1. The van der Waals surface area contributed by atoms with Gasteiger partial charge in [0.2, 0.25) is 0 Å². The van der Waals surface area contributed by atoms with Crippen LogP contribution in [0.1, 0.15) is 16.1 Å². The second-order valence-corrected chi connectivity index (χ2v) is 7.84. The Kier molecular flexibility index (Phi) is 4.37. The van der Waals surface area contributed by atoms with E-state index < -0.39 is 0 Å². The molecule has 0 saturated carbocycles.